The molecule has 1 amide bonds. The van der Waals surface area contributed by atoms with Crippen molar-refractivity contribution in [2.45, 2.75) is 25.2 Å². The topological polar surface area (TPSA) is 54.5 Å². The molecule has 31 heavy (non-hydrogen) atoms. The largest absolute Gasteiger partial charge is 0.573 e. The van der Waals surface area contributed by atoms with Crippen LogP contribution in [0.3, 0.4) is 0 Å². The molecule has 162 valence electrons. The zero-order valence-corrected chi connectivity index (χ0v) is 17.2. The standard InChI is InChI=1S/C22H20F3N3O2S/c23-22(24,25)30-17-8-9-18-16(13-17)7-4-11-28(18)14-19(29)27-20(21-26-10-12-31-21)15-5-2-1-3-6-15/h1-3,5-6,8-10,12-13,20H,4,7,11,14H2,(H,27,29). The second-order valence-electron chi connectivity index (χ2n) is 7.14. The molecular weight excluding hydrogens is 427 g/mol. The first-order chi connectivity index (χ1) is 14.9. The molecule has 5 nitrogen and oxygen atoms in total. The highest BCUT2D eigenvalue weighted by Crippen LogP contribution is 2.32. The summed E-state index contributed by atoms with van der Waals surface area (Å²) >= 11 is 1.46. The van der Waals surface area contributed by atoms with Crippen molar-refractivity contribution in [1.29, 1.82) is 0 Å². The highest BCUT2D eigenvalue weighted by atomic mass is 32.1. The van der Waals surface area contributed by atoms with Gasteiger partial charge in [-0.1, -0.05) is 30.3 Å². The van der Waals surface area contributed by atoms with Crippen LogP contribution < -0.4 is 15.0 Å². The average Bonchev–Trinajstić information content (AvgIpc) is 3.26. The van der Waals surface area contributed by atoms with Gasteiger partial charge in [-0.25, -0.2) is 4.98 Å². The van der Waals surface area contributed by atoms with Gasteiger partial charge < -0.3 is 15.0 Å². The lowest BCUT2D eigenvalue weighted by molar-refractivity contribution is -0.274. The Hall–Kier alpha value is -3.07. The van der Waals surface area contributed by atoms with Crippen LogP contribution in [-0.2, 0) is 11.2 Å². The third-order valence-electron chi connectivity index (χ3n) is 4.97. The van der Waals surface area contributed by atoms with E-state index >= 15 is 0 Å². The Morgan fingerprint density at radius 2 is 2.03 bits per heavy atom. The van der Waals surface area contributed by atoms with E-state index in [-0.39, 0.29) is 24.2 Å². The number of amides is 1. The van der Waals surface area contributed by atoms with Crippen molar-refractivity contribution in [3.63, 3.8) is 0 Å². The minimum absolute atomic E-state index is 0.0984. The van der Waals surface area contributed by atoms with E-state index in [2.05, 4.69) is 15.0 Å². The zero-order valence-electron chi connectivity index (χ0n) is 16.4. The number of aryl methyl sites for hydroxylation is 1. The number of carbonyl (C=O) groups excluding carboxylic acids is 1. The van der Waals surface area contributed by atoms with Crippen LogP contribution >= 0.6 is 11.3 Å². The normalized spacial score (nSPS) is 14.6. The molecule has 0 saturated carbocycles. The summed E-state index contributed by atoms with van der Waals surface area (Å²) in [5, 5.41) is 5.69. The van der Waals surface area contributed by atoms with Crippen LogP contribution in [0.25, 0.3) is 0 Å². The monoisotopic (exact) mass is 447 g/mol. The van der Waals surface area contributed by atoms with Crippen LogP contribution in [0.15, 0.2) is 60.1 Å². The number of anilines is 1. The molecule has 1 aromatic heterocycles. The van der Waals surface area contributed by atoms with Crippen LogP contribution in [0.5, 0.6) is 5.75 Å². The van der Waals surface area contributed by atoms with Crippen molar-refractivity contribution < 1.29 is 22.7 Å². The highest BCUT2D eigenvalue weighted by molar-refractivity contribution is 7.09. The molecule has 1 unspecified atom stereocenters. The number of nitrogens with one attached hydrogen (secondary N) is 1. The van der Waals surface area contributed by atoms with E-state index in [0.29, 0.717) is 13.0 Å². The smallest absolute Gasteiger partial charge is 0.406 e. The number of fused-ring (bicyclic) bond motifs is 1. The van der Waals surface area contributed by atoms with Gasteiger partial charge in [0.25, 0.3) is 0 Å². The van der Waals surface area contributed by atoms with Crippen molar-refractivity contribution in [3.8, 4) is 5.75 Å². The molecule has 0 bridgehead atoms. The SMILES string of the molecule is O=C(CN1CCCc2cc(OC(F)(F)F)ccc21)NC(c1ccccc1)c1nccs1. The van der Waals surface area contributed by atoms with Gasteiger partial charge >= 0.3 is 6.36 Å². The number of carbonyl (C=O) groups is 1. The first kappa shape index (κ1) is 21.2. The minimum Gasteiger partial charge on any atom is -0.406 e. The van der Waals surface area contributed by atoms with E-state index in [9.17, 15) is 18.0 Å². The van der Waals surface area contributed by atoms with E-state index in [1.54, 1.807) is 12.3 Å². The van der Waals surface area contributed by atoms with Gasteiger partial charge in [-0.15, -0.1) is 24.5 Å². The van der Waals surface area contributed by atoms with E-state index in [1.165, 1.54) is 23.5 Å². The molecule has 4 rings (SSSR count). The Morgan fingerprint density at radius 1 is 1.23 bits per heavy atom. The molecule has 0 radical (unpaired) electrons. The minimum atomic E-state index is -4.73. The van der Waals surface area contributed by atoms with Gasteiger partial charge in [0, 0.05) is 23.8 Å². The molecule has 0 spiro atoms. The van der Waals surface area contributed by atoms with Gasteiger partial charge in [0.2, 0.25) is 5.91 Å². The number of alkyl halides is 3. The highest BCUT2D eigenvalue weighted by Gasteiger charge is 2.32. The maximum Gasteiger partial charge on any atom is 0.573 e. The van der Waals surface area contributed by atoms with E-state index in [1.807, 2.05) is 40.6 Å². The van der Waals surface area contributed by atoms with E-state index < -0.39 is 6.36 Å². The van der Waals surface area contributed by atoms with Gasteiger partial charge in [0.15, 0.2) is 0 Å². The third kappa shape index (κ3) is 5.35. The molecule has 9 heteroatoms. The third-order valence-corrected chi connectivity index (χ3v) is 5.81. The van der Waals surface area contributed by atoms with Crippen molar-refractivity contribution in [2.24, 2.45) is 0 Å². The second-order valence-corrected chi connectivity index (χ2v) is 8.07. The number of hydrogen-bond acceptors (Lipinski definition) is 5. The van der Waals surface area contributed by atoms with Gasteiger partial charge in [0.05, 0.1) is 6.54 Å². The number of hydrogen-bond donors (Lipinski definition) is 1. The molecule has 1 aliphatic rings. The van der Waals surface area contributed by atoms with Gasteiger partial charge in [0.1, 0.15) is 16.8 Å². The summed E-state index contributed by atoms with van der Waals surface area (Å²) in [4.78, 5) is 19.1. The molecule has 3 aromatic rings. The Kier molecular flexibility index (Phi) is 6.13. The Morgan fingerprint density at radius 3 is 2.74 bits per heavy atom. The molecule has 2 heterocycles. The fourth-order valence-corrected chi connectivity index (χ4v) is 4.42. The van der Waals surface area contributed by atoms with Crippen LogP contribution in [0.2, 0.25) is 0 Å². The van der Waals surface area contributed by atoms with Crippen molar-refractivity contribution in [2.75, 3.05) is 18.0 Å². The zero-order chi connectivity index (χ0) is 21.8. The van der Waals surface area contributed by atoms with E-state index in [4.69, 9.17) is 0 Å². The molecular formula is C22H20F3N3O2S. The summed E-state index contributed by atoms with van der Waals surface area (Å²) < 4.78 is 41.6. The molecule has 1 N–H and O–H groups in total. The van der Waals surface area contributed by atoms with E-state index in [0.717, 1.165) is 28.2 Å². The summed E-state index contributed by atoms with van der Waals surface area (Å²) in [6, 6.07) is 13.5. The number of halogens is 3. The van der Waals surface area contributed by atoms with Crippen molar-refractivity contribution in [3.05, 3.63) is 76.2 Å². The Balaban J connectivity index is 1.49. The molecule has 0 fully saturated rings. The summed E-state index contributed by atoms with van der Waals surface area (Å²) in [5.74, 6) is -0.432. The van der Waals surface area contributed by atoms with Crippen LogP contribution in [0, 0.1) is 0 Å². The quantitative estimate of drug-likeness (QED) is 0.595. The Labute approximate surface area is 181 Å². The van der Waals surface area contributed by atoms with Gasteiger partial charge in [-0.2, -0.15) is 0 Å². The Bertz CT molecular complexity index is 1030. The molecule has 2 aromatic carbocycles. The number of benzene rings is 2. The first-order valence-corrected chi connectivity index (χ1v) is 10.6. The lowest BCUT2D eigenvalue weighted by Gasteiger charge is -2.31. The van der Waals surface area contributed by atoms with Crippen LogP contribution in [0.1, 0.15) is 28.6 Å². The first-order valence-electron chi connectivity index (χ1n) is 9.76. The number of thiazole rings is 1. The predicted molar refractivity (Wildman–Crippen MR) is 112 cm³/mol. The molecule has 0 aliphatic carbocycles. The second kappa shape index (κ2) is 8.97. The molecule has 1 aliphatic heterocycles. The van der Waals surface area contributed by atoms with Gasteiger partial charge in [-0.05, 0) is 42.2 Å². The molecule has 0 saturated heterocycles. The number of rotatable bonds is 6. The van der Waals surface area contributed by atoms with Crippen LogP contribution in [0.4, 0.5) is 18.9 Å². The summed E-state index contributed by atoms with van der Waals surface area (Å²) in [6.45, 7) is 0.744. The lowest BCUT2D eigenvalue weighted by atomic mass is 10.0. The summed E-state index contributed by atoms with van der Waals surface area (Å²) in [7, 11) is 0. The maximum absolute atomic E-state index is 12.9. The molecule has 1 atom stereocenters. The average molecular weight is 447 g/mol. The van der Waals surface area contributed by atoms with Crippen molar-refractivity contribution in [1.82, 2.24) is 10.3 Å². The number of aromatic nitrogens is 1. The fraction of sp³-hybridized carbons (Fsp3) is 0.273. The number of nitrogens with zero attached hydrogens (tertiary/aromatic N) is 2. The number of ether oxygens (including phenoxy) is 1. The maximum atomic E-state index is 12.9. The van der Waals surface area contributed by atoms with Gasteiger partial charge in [-0.3, -0.25) is 4.79 Å². The van der Waals surface area contributed by atoms with Crippen LogP contribution in [-0.4, -0.2) is 30.3 Å². The predicted octanol–water partition coefficient (Wildman–Crippen LogP) is 4.70. The summed E-state index contributed by atoms with van der Waals surface area (Å²) in [5.41, 5.74) is 2.42. The van der Waals surface area contributed by atoms with Crippen molar-refractivity contribution >= 4 is 22.9 Å². The summed E-state index contributed by atoms with van der Waals surface area (Å²) in [6.07, 6.45) is -1.66. The lowest BCUT2D eigenvalue weighted by Crippen LogP contribution is -2.41. The fourth-order valence-electron chi connectivity index (χ4n) is 3.70.